The van der Waals surface area contributed by atoms with Crippen molar-refractivity contribution >= 4 is 17.2 Å². The van der Waals surface area contributed by atoms with Gasteiger partial charge in [-0.05, 0) is 29.1 Å². The maximum absolute atomic E-state index is 13.5. The Morgan fingerprint density at radius 3 is 3.09 bits per heavy atom. The van der Waals surface area contributed by atoms with Gasteiger partial charge in [-0.2, -0.15) is 0 Å². The topological polar surface area (TPSA) is 44.4 Å². The maximum Gasteiger partial charge on any atom is 0.234 e. The van der Waals surface area contributed by atoms with Crippen LogP contribution in [0.1, 0.15) is 16.5 Å². The number of halogens is 1. The van der Waals surface area contributed by atoms with Crippen LogP contribution in [0.25, 0.3) is 0 Å². The number of nitrogens with one attached hydrogen (secondary N) is 2. The molecule has 2 heterocycles. The zero-order chi connectivity index (χ0) is 16.1. The van der Waals surface area contributed by atoms with Gasteiger partial charge in [0.05, 0.1) is 13.1 Å². The van der Waals surface area contributed by atoms with Gasteiger partial charge in [-0.15, -0.1) is 11.3 Å². The summed E-state index contributed by atoms with van der Waals surface area (Å²) in [5.74, 6) is -0.239. The minimum Gasteiger partial charge on any atom is -0.350 e. The Balaban J connectivity index is 1.61. The quantitative estimate of drug-likeness (QED) is 0.881. The fraction of sp³-hybridized carbons (Fsp3) is 0.353. The Morgan fingerprint density at radius 2 is 2.30 bits per heavy atom. The van der Waals surface area contributed by atoms with Gasteiger partial charge in [0.2, 0.25) is 5.91 Å². The summed E-state index contributed by atoms with van der Waals surface area (Å²) in [6.45, 7) is 3.22. The fourth-order valence-electron chi connectivity index (χ4n) is 2.82. The highest BCUT2D eigenvalue weighted by molar-refractivity contribution is 7.09. The van der Waals surface area contributed by atoms with Crippen LogP contribution in [0, 0.1) is 5.82 Å². The van der Waals surface area contributed by atoms with Crippen LogP contribution >= 0.6 is 11.3 Å². The van der Waals surface area contributed by atoms with Crippen molar-refractivity contribution in [1.82, 2.24) is 15.5 Å². The molecule has 0 aliphatic carbocycles. The molecule has 0 spiro atoms. The van der Waals surface area contributed by atoms with Gasteiger partial charge >= 0.3 is 0 Å². The summed E-state index contributed by atoms with van der Waals surface area (Å²) in [6.07, 6.45) is 0. The van der Waals surface area contributed by atoms with Crippen LogP contribution in [-0.4, -0.2) is 37.0 Å². The molecule has 1 amide bonds. The van der Waals surface area contributed by atoms with Crippen molar-refractivity contribution in [3.8, 4) is 0 Å². The van der Waals surface area contributed by atoms with Gasteiger partial charge in [0.25, 0.3) is 0 Å². The number of carbonyl (C=O) groups excluding carboxylic acids is 1. The Bertz CT molecular complexity index is 647. The summed E-state index contributed by atoms with van der Waals surface area (Å²) in [4.78, 5) is 15.5. The van der Waals surface area contributed by atoms with Crippen molar-refractivity contribution < 1.29 is 9.18 Å². The van der Waals surface area contributed by atoms with E-state index in [1.165, 1.54) is 6.07 Å². The predicted octanol–water partition coefficient (Wildman–Crippen LogP) is 2.15. The van der Waals surface area contributed by atoms with Crippen molar-refractivity contribution in [2.45, 2.75) is 12.6 Å². The van der Waals surface area contributed by atoms with E-state index >= 15 is 0 Å². The molecule has 0 bridgehead atoms. The van der Waals surface area contributed by atoms with Gasteiger partial charge in [-0.3, -0.25) is 9.69 Å². The number of rotatable bonds is 5. The molecule has 0 saturated carbocycles. The van der Waals surface area contributed by atoms with Crippen LogP contribution in [0.3, 0.4) is 0 Å². The van der Waals surface area contributed by atoms with Gasteiger partial charge in [-0.25, -0.2) is 4.39 Å². The third kappa shape index (κ3) is 4.37. The van der Waals surface area contributed by atoms with Crippen LogP contribution in [0.2, 0.25) is 0 Å². The van der Waals surface area contributed by atoms with E-state index in [0.29, 0.717) is 13.1 Å². The molecule has 23 heavy (non-hydrogen) atoms. The third-order valence-electron chi connectivity index (χ3n) is 3.97. The molecule has 3 rings (SSSR count). The molecule has 1 aromatic heterocycles. The van der Waals surface area contributed by atoms with Crippen LogP contribution in [0.5, 0.6) is 0 Å². The number of amides is 1. The number of carbonyl (C=O) groups is 1. The highest BCUT2D eigenvalue weighted by atomic mass is 32.1. The van der Waals surface area contributed by atoms with Crippen LogP contribution < -0.4 is 10.6 Å². The summed E-state index contributed by atoms with van der Waals surface area (Å²) >= 11 is 1.63. The standard InChI is InChI=1S/C17H20FN3OS/c18-14-4-1-3-13(9-14)16-11-19-6-7-21(16)12-17(22)20-10-15-5-2-8-23-15/h1-5,8-9,16,19H,6-7,10-12H2,(H,20,22). The maximum atomic E-state index is 13.5. The molecule has 1 aliphatic rings. The zero-order valence-corrected chi connectivity index (χ0v) is 13.6. The highest BCUT2D eigenvalue weighted by Crippen LogP contribution is 2.22. The van der Waals surface area contributed by atoms with Gasteiger partial charge in [-0.1, -0.05) is 18.2 Å². The summed E-state index contributed by atoms with van der Waals surface area (Å²) in [5, 5.41) is 8.27. The zero-order valence-electron chi connectivity index (χ0n) is 12.8. The van der Waals surface area contributed by atoms with E-state index in [9.17, 15) is 9.18 Å². The largest absolute Gasteiger partial charge is 0.350 e. The number of hydrogen-bond donors (Lipinski definition) is 2. The molecule has 0 radical (unpaired) electrons. The predicted molar refractivity (Wildman–Crippen MR) is 89.7 cm³/mol. The normalized spacial score (nSPS) is 18.7. The smallest absolute Gasteiger partial charge is 0.234 e. The molecular weight excluding hydrogens is 313 g/mol. The van der Waals surface area contributed by atoms with Gasteiger partial charge in [0.1, 0.15) is 5.82 Å². The molecule has 6 heteroatoms. The molecular formula is C17H20FN3OS. The lowest BCUT2D eigenvalue weighted by molar-refractivity contribution is -0.123. The van der Waals surface area contributed by atoms with E-state index in [4.69, 9.17) is 0 Å². The second-order valence-corrected chi connectivity index (χ2v) is 6.63. The van der Waals surface area contributed by atoms with Crippen molar-refractivity contribution in [1.29, 1.82) is 0 Å². The fourth-order valence-corrected chi connectivity index (χ4v) is 3.46. The molecule has 1 atom stereocenters. The number of piperazine rings is 1. The molecule has 1 unspecified atom stereocenters. The summed E-state index contributed by atoms with van der Waals surface area (Å²) in [7, 11) is 0. The number of hydrogen-bond acceptors (Lipinski definition) is 4. The van der Waals surface area contributed by atoms with Crippen molar-refractivity contribution in [3.05, 3.63) is 58.0 Å². The molecule has 1 aliphatic heterocycles. The molecule has 4 nitrogen and oxygen atoms in total. The number of thiophene rings is 1. The van der Waals surface area contributed by atoms with E-state index in [1.807, 2.05) is 23.6 Å². The molecule has 1 fully saturated rings. The Morgan fingerprint density at radius 1 is 1.39 bits per heavy atom. The molecule has 2 aromatic rings. The van der Waals surface area contributed by atoms with E-state index in [1.54, 1.807) is 23.5 Å². The second-order valence-electron chi connectivity index (χ2n) is 5.60. The van der Waals surface area contributed by atoms with Crippen molar-refractivity contribution in [2.24, 2.45) is 0 Å². The molecule has 2 N–H and O–H groups in total. The van der Waals surface area contributed by atoms with E-state index in [-0.39, 0.29) is 17.8 Å². The first-order valence-electron chi connectivity index (χ1n) is 7.71. The Labute approximate surface area is 139 Å². The van der Waals surface area contributed by atoms with E-state index < -0.39 is 0 Å². The number of benzene rings is 1. The second kappa shape index (κ2) is 7.68. The SMILES string of the molecule is O=C(CN1CCNCC1c1cccc(F)c1)NCc1cccs1. The monoisotopic (exact) mass is 333 g/mol. The van der Waals surface area contributed by atoms with Gasteiger partial charge in [0.15, 0.2) is 0 Å². The minimum absolute atomic E-state index is 0.00158. The lowest BCUT2D eigenvalue weighted by atomic mass is 10.0. The highest BCUT2D eigenvalue weighted by Gasteiger charge is 2.25. The molecule has 1 saturated heterocycles. The average molecular weight is 333 g/mol. The summed E-state index contributed by atoms with van der Waals surface area (Å²) in [5.41, 5.74) is 0.906. The number of nitrogens with zero attached hydrogens (tertiary/aromatic N) is 1. The summed E-state index contributed by atoms with van der Waals surface area (Å²) in [6, 6.07) is 10.6. The molecule has 1 aromatic carbocycles. The average Bonchev–Trinajstić information content (AvgIpc) is 3.07. The van der Waals surface area contributed by atoms with Crippen molar-refractivity contribution in [2.75, 3.05) is 26.2 Å². The van der Waals surface area contributed by atoms with Crippen LogP contribution in [0.4, 0.5) is 4.39 Å². The molecule has 122 valence electrons. The first kappa shape index (κ1) is 16.1. The van der Waals surface area contributed by atoms with Crippen molar-refractivity contribution in [3.63, 3.8) is 0 Å². The summed E-state index contributed by atoms with van der Waals surface area (Å²) < 4.78 is 13.5. The lowest BCUT2D eigenvalue weighted by Crippen LogP contribution is -2.49. The van der Waals surface area contributed by atoms with E-state index in [0.717, 1.165) is 30.1 Å². The lowest BCUT2D eigenvalue weighted by Gasteiger charge is -2.36. The van der Waals surface area contributed by atoms with Gasteiger partial charge in [0, 0.05) is 30.6 Å². The Hall–Kier alpha value is -1.76. The van der Waals surface area contributed by atoms with Crippen LogP contribution in [-0.2, 0) is 11.3 Å². The first-order valence-corrected chi connectivity index (χ1v) is 8.59. The van der Waals surface area contributed by atoms with Crippen LogP contribution in [0.15, 0.2) is 41.8 Å². The third-order valence-corrected chi connectivity index (χ3v) is 4.85. The minimum atomic E-state index is -0.241. The first-order chi connectivity index (χ1) is 11.2. The Kier molecular flexibility index (Phi) is 5.38. The van der Waals surface area contributed by atoms with E-state index in [2.05, 4.69) is 15.5 Å². The van der Waals surface area contributed by atoms with Gasteiger partial charge < -0.3 is 10.6 Å².